The number of fused-ring (bicyclic) bond motifs is 1. The molecule has 104 valence electrons. The highest BCUT2D eigenvalue weighted by Gasteiger charge is 2.04. The lowest BCUT2D eigenvalue weighted by atomic mass is 10.2. The third-order valence-electron chi connectivity index (χ3n) is 2.68. The molecule has 2 aromatic heterocycles. The molecule has 0 aliphatic carbocycles. The maximum atomic E-state index is 6.06. The molecule has 3 N–H and O–H groups in total. The number of hydrogen-bond acceptors (Lipinski definition) is 4. The Morgan fingerprint density at radius 2 is 2.30 bits per heavy atom. The topological polar surface area (TPSA) is 67.7 Å². The Kier molecular flexibility index (Phi) is 4.20. The quantitative estimate of drug-likeness (QED) is 0.817. The van der Waals surface area contributed by atoms with Gasteiger partial charge in [0.05, 0.1) is 11.7 Å². The van der Waals surface area contributed by atoms with Crippen molar-refractivity contribution in [3.8, 4) is 0 Å². The summed E-state index contributed by atoms with van der Waals surface area (Å²) >= 11 is 0. The fourth-order valence-corrected chi connectivity index (χ4v) is 1.82. The second kappa shape index (κ2) is 6.06. The van der Waals surface area contributed by atoms with Crippen LogP contribution in [-0.4, -0.2) is 21.9 Å². The maximum absolute atomic E-state index is 6.06. The Labute approximate surface area is 118 Å². The summed E-state index contributed by atoms with van der Waals surface area (Å²) in [7, 11) is 0. The van der Waals surface area contributed by atoms with Gasteiger partial charge in [0.1, 0.15) is 5.82 Å². The van der Waals surface area contributed by atoms with E-state index in [0.29, 0.717) is 17.6 Å². The van der Waals surface area contributed by atoms with Crippen LogP contribution in [0.4, 0.5) is 0 Å². The van der Waals surface area contributed by atoms with Crippen LogP contribution in [0.3, 0.4) is 0 Å². The molecule has 0 saturated heterocycles. The van der Waals surface area contributed by atoms with E-state index in [0.717, 1.165) is 11.1 Å². The van der Waals surface area contributed by atoms with E-state index in [9.17, 15) is 0 Å². The number of pyridine rings is 1. The lowest BCUT2D eigenvalue weighted by molar-refractivity contribution is 0.666. The third-order valence-corrected chi connectivity index (χ3v) is 2.68. The number of hydrogen-bond donors (Lipinski definition) is 2. The predicted molar refractivity (Wildman–Crippen MR) is 83.3 cm³/mol. The lowest BCUT2D eigenvalue weighted by Crippen LogP contribution is -2.20. The van der Waals surface area contributed by atoms with Crippen LogP contribution in [0.2, 0.25) is 0 Å². The van der Waals surface area contributed by atoms with Crippen LogP contribution < -0.4 is 11.1 Å². The van der Waals surface area contributed by atoms with Gasteiger partial charge in [0.15, 0.2) is 0 Å². The summed E-state index contributed by atoms with van der Waals surface area (Å²) in [5, 5.41) is 7.35. The zero-order valence-corrected chi connectivity index (χ0v) is 11.7. The van der Waals surface area contributed by atoms with E-state index in [1.54, 1.807) is 23.0 Å². The Morgan fingerprint density at radius 1 is 1.50 bits per heavy atom. The molecule has 0 aromatic carbocycles. The number of nitrogens with two attached hydrogens (primary N) is 1. The summed E-state index contributed by atoms with van der Waals surface area (Å²) in [4.78, 5) is 4.18. The van der Waals surface area contributed by atoms with E-state index in [1.807, 2.05) is 38.2 Å². The van der Waals surface area contributed by atoms with Crippen LogP contribution >= 0.6 is 0 Å². The summed E-state index contributed by atoms with van der Waals surface area (Å²) in [5.74, 6) is 0.615. The first-order chi connectivity index (χ1) is 9.58. The number of allylic oxidation sites excluding steroid dienone is 1. The fraction of sp³-hybridized carbons (Fsp3) is 0.200. The van der Waals surface area contributed by atoms with Crippen molar-refractivity contribution in [1.29, 1.82) is 0 Å². The SMILES string of the molecule is C=C(/N=C\C=C(/N)c1cnn2ccccc12)NC(C)C. The van der Waals surface area contributed by atoms with Gasteiger partial charge in [0.2, 0.25) is 0 Å². The Hall–Kier alpha value is -2.56. The Balaban J connectivity index is 2.15. The summed E-state index contributed by atoms with van der Waals surface area (Å²) in [6.45, 7) is 7.87. The Bertz CT molecular complexity index is 664. The molecule has 5 heteroatoms. The second-order valence-corrected chi connectivity index (χ2v) is 4.73. The van der Waals surface area contributed by atoms with E-state index >= 15 is 0 Å². The number of nitrogens with one attached hydrogen (secondary N) is 1. The van der Waals surface area contributed by atoms with Gasteiger partial charge in [-0.05, 0) is 32.1 Å². The maximum Gasteiger partial charge on any atom is 0.118 e. The Morgan fingerprint density at radius 3 is 3.05 bits per heavy atom. The molecule has 20 heavy (non-hydrogen) atoms. The fourth-order valence-electron chi connectivity index (χ4n) is 1.82. The summed E-state index contributed by atoms with van der Waals surface area (Å²) in [6.07, 6.45) is 7.02. The van der Waals surface area contributed by atoms with Crippen molar-refractivity contribution < 1.29 is 0 Å². The van der Waals surface area contributed by atoms with E-state index in [1.165, 1.54) is 0 Å². The van der Waals surface area contributed by atoms with Gasteiger partial charge < -0.3 is 11.1 Å². The molecule has 2 heterocycles. The van der Waals surface area contributed by atoms with Crippen molar-refractivity contribution in [2.24, 2.45) is 10.7 Å². The second-order valence-electron chi connectivity index (χ2n) is 4.73. The van der Waals surface area contributed by atoms with Crippen molar-refractivity contribution in [3.63, 3.8) is 0 Å². The van der Waals surface area contributed by atoms with Gasteiger partial charge in [-0.15, -0.1) is 0 Å². The third kappa shape index (κ3) is 3.26. The minimum Gasteiger partial charge on any atom is -0.398 e. The first-order valence-corrected chi connectivity index (χ1v) is 6.46. The predicted octanol–water partition coefficient (Wildman–Crippen LogP) is 2.17. The zero-order valence-electron chi connectivity index (χ0n) is 11.7. The largest absolute Gasteiger partial charge is 0.398 e. The normalized spacial score (nSPS) is 12.4. The van der Waals surface area contributed by atoms with Gasteiger partial charge in [0.25, 0.3) is 0 Å². The van der Waals surface area contributed by atoms with E-state index in [2.05, 4.69) is 22.0 Å². The molecule has 0 bridgehead atoms. The van der Waals surface area contributed by atoms with Crippen molar-refractivity contribution >= 4 is 17.4 Å². The molecular formula is C15H19N5. The molecule has 0 radical (unpaired) electrons. The lowest BCUT2D eigenvalue weighted by Gasteiger charge is -2.07. The van der Waals surface area contributed by atoms with Crippen LogP contribution in [0, 0.1) is 0 Å². The number of nitrogens with zero attached hydrogens (tertiary/aromatic N) is 3. The van der Waals surface area contributed by atoms with Gasteiger partial charge in [-0.1, -0.05) is 12.6 Å². The molecule has 0 amide bonds. The number of aromatic nitrogens is 2. The van der Waals surface area contributed by atoms with Crippen molar-refractivity contribution in [2.45, 2.75) is 19.9 Å². The highest BCUT2D eigenvalue weighted by molar-refractivity contribution is 5.87. The van der Waals surface area contributed by atoms with Crippen LogP contribution in [0.25, 0.3) is 11.2 Å². The number of aliphatic imine (C=N–C) groups is 1. The summed E-state index contributed by atoms with van der Waals surface area (Å²) in [5.41, 5.74) is 8.53. The molecule has 0 spiro atoms. The minimum absolute atomic E-state index is 0.306. The molecule has 0 fully saturated rings. The zero-order chi connectivity index (χ0) is 14.5. The van der Waals surface area contributed by atoms with E-state index in [4.69, 9.17) is 5.73 Å². The molecule has 2 rings (SSSR count). The molecule has 0 aliphatic heterocycles. The molecule has 0 atom stereocenters. The molecule has 2 aromatic rings. The highest BCUT2D eigenvalue weighted by atomic mass is 15.2. The van der Waals surface area contributed by atoms with Gasteiger partial charge in [-0.2, -0.15) is 5.10 Å². The van der Waals surface area contributed by atoms with Crippen molar-refractivity contribution in [3.05, 3.63) is 54.6 Å². The van der Waals surface area contributed by atoms with Crippen LogP contribution in [0.5, 0.6) is 0 Å². The van der Waals surface area contributed by atoms with Gasteiger partial charge in [-0.25, -0.2) is 9.51 Å². The van der Waals surface area contributed by atoms with Crippen LogP contribution in [0.1, 0.15) is 19.4 Å². The monoisotopic (exact) mass is 269 g/mol. The molecule has 5 nitrogen and oxygen atoms in total. The van der Waals surface area contributed by atoms with Crippen molar-refractivity contribution in [2.75, 3.05) is 0 Å². The minimum atomic E-state index is 0.306. The van der Waals surface area contributed by atoms with Gasteiger partial charge in [0, 0.05) is 29.7 Å². The van der Waals surface area contributed by atoms with Gasteiger partial charge >= 0.3 is 0 Å². The molecule has 0 aliphatic rings. The van der Waals surface area contributed by atoms with Gasteiger partial charge in [-0.3, -0.25) is 0 Å². The summed E-state index contributed by atoms with van der Waals surface area (Å²) in [6, 6.07) is 6.16. The number of rotatable bonds is 5. The molecular weight excluding hydrogens is 250 g/mol. The first-order valence-electron chi connectivity index (χ1n) is 6.46. The smallest absolute Gasteiger partial charge is 0.118 e. The van der Waals surface area contributed by atoms with Crippen LogP contribution in [0.15, 0.2) is 54.1 Å². The van der Waals surface area contributed by atoms with E-state index < -0.39 is 0 Å². The summed E-state index contributed by atoms with van der Waals surface area (Å²) < 4.78 is 1.78. The highest BCUT2D eigenvalue weighted by Crippen LogP contribution is 2.15. The van der Waals surface area contributed by atoms with E-state index in [-0.39, 0.29) is 0 Å². The first kappa shape index (κ1) is 13.9. The molecule has 0 saturated carbocycles. The standard InChI is InChI=1S/C15H19N5/c1-11(2)19-12(3)17-8-7-14(16)13-10-18-20-9-5-4-6-15(13)20/h4-11,19H,3,16H2,1-2H3/b14-7-,17-8-. The average molecular weight is 269 g/mol. The van der Waals surface area contributed by atoms with Crippen molar-refractivity contribution in [1.82, 2.24) is 14.9 Å². The average Bonchev–Trinajstić information content (AvgIpc) is 2.81. The molecule has 0 unspecified atom stereocenters. The van der Waals surface area contributed by atoms with Crippen LogP contribution in [-0.2, 0) is 0 Å².